The van der Waals surface area contributed by atoms with E-state index >= 15 is 0 Å². The number of thiophene rings is 1. The molecule has 0 N–H and O–H groups in total. The standard InChI is InChI=1S/C9H5BrOS2/c10-9-5(3-11)1-2-7-8(9)6(12)4-13-7/h1-4,12H. The molecule has 0 aliphatic rings. The summed E-state index contributed by atoms with van der Waals surface area (Å²) in [6, 6.07) is 3.75. The summed E-state index contributed by atoms with van der Waals surface area (Å²) in [4.78, 5) is 11.6. The number of thiol groups is 1. The molecule has 1 aromatic carbocycles. The molecule has 0 fully saturated rings. The number of aldehydes is 1. The molecule has 13 heavy (non-hydrogen) atoms. The SMILES string of the molecule is O=Cc1ccc2scc(S)c2c1Br. The lowest BCUT2D eigenvalue weighted by molar-refractivity contribution is 0.112. The first kappa shape index (κ1) is 9.24. The van der Waals surface area contributed by atoms with Crippen molar-refractivity contribution in [2.45, 2.75) is 4.90 Å². The van der Waals surface area contributed by atoms with Crippen LogP contribution >= 0.6 is 39.9 Å². The van der Waals surface area contributed by atoms with Crippen LogP contribution < -0.4 is 0 Å². The second kappa shape index (κ2) is 3.44. The molecule has 0 saturated heterocycles. The van der Waals surface area contributed by atoms with Crippen LogP contribution in [0.2, 0.25) is 0 Å². The van der Waals surface area contributed by atoms with Crippen LogP contribution in [0, 0.1) is 0 Å². The summed E-state index contributed by atoms with van der Waals surface area (Å²) in [6.07, 6.45) is 0.842. The number of hydrogen-bond acceptors (Lipinski definition) is 3. The largest absolute Gasteiger partial charge is 0.298 e. The lowest BCUT2D eigenvalue weighted by Gasteiger charge is -1.98. The van der Waals surface area contributed by atoms with Gasteiger partial charge in [-0.2, -0.15) is 0 Å². The van der Waals surface area contributed by atoms with Crippen LogP contribution in [-0.4, -0.2) is 6.29 Å². The highest BCUT2D eigenvalue weighted by Gasteiger charge is 2.08. The van der Waals surface area contributed by atoms with Gasteiger partial charge < -0.3 is 0 Å². The van der Waals surface area contributed by atoms with Crippen LogP contribution in [0.5, 0.6) is 0 Å². The highest BCUT2D eigenvalue weighted by atomic mass is 79.9. The van der Waals surface area contributed by atoms with Crippen molar-refractivity contribution in [2.24, 2.45) is 0 Å². The first-order chi connectivity index (χ1) is 6.24. The molecule has 0 saturated carbocycles. The Morgan fingerprint density at radius 1 is 1.46 bits per heavy atom. The Bertz CT molecular complexity index is 476. The molecule has 0 atom stereocenters. The summed E-state index contributed by atoms with van der Waals surface area (Å²) < 4.78 is 1.98. The van der Waals surface area contributed by atoms with Gasteiger partial charge in [-0.15, -0.1) is 24.0 Å². The summed E-state index contributed by atoms with van der Waals surface area (Å²) in [5, 5.41) is 2.99. The van der Waals surface area contributed by atoms with E-state index in [0.29, 0.717) is 5.56 Å². The summed E-state index contributed by atoms with van der Waals surface area (Å²) in [6.45, 7) is 0. The van der Waals surface area contributed by atoms with E-state index in [1.54, 1.807) is 11.3 Å². The zero-order chi connectivity index (χ0) is 9.42. The van der Waals surface area contributed by atoms with Gasteiger partial charge in [-0.1, -0.05) is 0 Å². The Hall–Kier alpha value is -0.320. The number of fused-ring (bicyclic) bond motifs is 1. The van der Waals surface area contributed by atoms with Gasteiger partial charge in [0.2, 0.25) is 0 Å². The van der Waals surface area contributed by atoms with E-state index in [1.807, 2.05) is 17.5 Å². The van der Waals surface area contributed by atoms with Gasteiger partial charge in [-0.05, 0) is 28.1 Å². The van der Waals surface area contributed by atoms with E-state index < -0.39 is 0 Å². The van der Waals surface area contributed by atoms with Crippen LogP contribution in [0.3, 0.4) is 0 Å². The maximum absolute atomic E-state index is 10.7. The van der Waals surface area contributed by atoms with Crippen molar-refractivity contribution < 1.29 is 4.79 Å². The highest BCUT2D eigenvalue weighted by molar-refractivity contribution is 9.10. The van der Waals surface area contributed by atoms with Crippen LogP contribution in [0.1, 0.15) is 10.4 Å². The molecule has 0 bridgehead atoms. The van der Waals surface area contributed by atoms with E-state index in [1.165, 1.54) is 0 Å². The maximum atomic E-state index is 10.7. The van der Waals surface area contributed by atoms with E-state index in [9.17, 15) is 4.79 Å². The molecule has 1 nitrogen and oxygen atoms in total. The Labute approximate surface area is 93.3 Å². The average molecular weight is 273 g/mol. The molecular formula is C9H5BrOS2. The number of carbonyl (C=O) groups is 1. The van der Waals surface area contributed by atoms with E-state index in [4.69, 9.17) is 0 Å². The van der Waals surface area contributed by atoms with Crippen molar-refractivity contribution in [1.82, 2.24) is 0 Å². The Kier molecular flexibility index (Phi) is 2.45. The van der Waals surface area contributed by atoms with E-state index in [2.05, 4.69) is 28.6 Å². The van der Waals surface area contributed by atoms with Gasteiger partial charge >= 0.3 is 0 Å². The van der Waals surface area contributed by atoms with Crippen molar-refractivity contribution >= 4 is 56.3 Å². The third-order valence-corrected chi connectivity index (χ3v) is 4.14. The summed E-state index contributed by atoms with van der Waals surface area (Å²) in [7, 11) is 0. The molecule has 1 heterocycles. The maximum Gasteiger partial charge on any atom is 0.151 e. The first-order valence-electron chi connectivity index (χ1n) is 3.58. The molecular weight excluding hydrogens is 268 g/mol. The first-order valence-corrected chi connectivity index (χ1v) is 5.70. The average Bonchev–Trinajstić information content (AvgIpc) is 2.49. The molecule has 0 aliphatic carbocycles. The molecule has 1 aromatic heterocycles. The van der Waals surface area contributed by atoms with Crippen molar-refractivity contribution in [3.63, 3.8) is 0 Å². The smallest absolute Gasteiger partial charge is 0.151 e. The predicted molar refractivity (Wildman–Crippen MR) is 62.2 cm³/mol. The quantitative estimate of drug-likeness (QED) is 0.618. The third kappa shape index (κ3) is 1.43. The fourth-order valence-electron chi connectivity index (χ4n) is 1.18. The molecule has 0 radical (unpaired) electrons. The van der Waals surface area contributed by atoms with Crippen molar-refractivity contribution in [1.29, 1.82) is 0 Å². The third-order valence-electron chi connectivity index (χ3n) is 1.81. The Morgan fingerprint density at radius 2 is 2.23 bits per heavy atom. The zero-order valence-corrected chi connectivity index (χ0v) is 9.75. The monoisotopic (exact) mass is 272 g/mol. The van der Waals surface area contributed by atoms with Crippen LogP contribution in [-0.2, 0) is 0 Å². The van der Waals surface area contributed by atoms with Crippen LogP contribution in [0.15, 0.2) is 26.9 Å². The predicted octanol–water partition coefficient (Wildman–Crippen LogP) is 3.77. The minimum atomic E-state index is 0.668. The zero-order valence-electron chi connectivity index (χ0n) is 6.45. The molecule has 0 spiro atoms. The molecule has 4 heteroatoms. The van der Waals surface area contributed by atoms with Gasteiger partial charge in [-0.3, -0.25) is 4.79 Å². The lowest BCUT2D eigenvalue weighted by Crippen LogP contribution is -1.81. The summed E-state index contributed by atoms with van der Waals surface area (Å²) >= 11 is 9.35. The second-order valence-corrected chi connectivity index (χ2v) is 4.77. The molecule has 2 rings (SSSR count). The normalized spacial score (nSPS) is 10.6. The van der Waals surface area contributed by atoms with E-state index in [-0.39, 0.29) is 0 Å². The van der Waals surface area contributed by atoms with Crippen molar-refractivity contribution in [2.75, 3.05) is 0 Å². The van der Waals surface area contributed by atoms with Gasteiger partial charge in [-0.25, -0.2) is 0 Å². The van der Waals surface area contributed by atoms with Gasteiger partial charge in [0.05, 0.1) is 0 Å². The summed E-state index contributed by atoms with van der Waals surface area (Å²) in [5.74, 6) is 0. The van der Waals surface area contributed by atoms with E-state index in [0.717, 1.165) is 25.7 Å². The number of rotatable bonds is 1. The van der Waals surface area contributed by atoms with Crippen LogP contribution in [0.4, 0.5) is 0 Å². The van der Waals surface area contributed by atoms with Gasteiger partial charge in [0, 0.05) is 30.4 Å². The fraction of sp³-hybridized carbons (Fsp3) is 0. The number of benzene rings is 1. The van der Waals surface area contributed by atoms with Gasteiger partial charge in [0.1, 0.15) is 0 Å². The number of carbonyl (C=O) groups excluding carboxylic acids is 1. The molecule has 0 amide bonds. The minimum Gasteiger partial charge on any atom is -0.298 e. The Balaban J connectivity index is 2.91. The summed E-state index contributed by atoms with van der Waals surface area (Å²) in [5.41, 5.74) is 0.668. The van der Waals surface area contributed by atoms with Gasteiger partial charge in [0.25, 0.3) is 0 Å². The van der Waals surface area contributed by atoms with Crippen LogP contribution in [0.25, 0.3) is 10.1 Å². The number of hydrogen-bond donors (Lipinski definition) is 1. The van der Waals surface area contributed by atoms with Crippen molar-refractivity contribution in [3.8, 4) is 0 Å². The molecule has 66 valence electrons. The number of halogens is 1. The topological polar surface area (TPSA) is 17.1 Å². The lowest BCUT2D eigenvalue weighted by atomic mass is 10.2. The molecule has 0 aliphatic heterocycles. The minimum absolute atomic E-state index is 0.668. The second-order valence-electron chi connectivity index (χ2n) is 2.58. The van der Waals surface area contributed by atoms with Gasteiger partial charge in [0.15, 0.2) is 6.29 Å². The molecule has 0 unspecified atom stereocenters. The Morgan fingerprint density at radius 3 is 2.92 bits per heavy atom. The van der Waals surface area contributed by atoms with Crippen molar-refractivity contribution in [3.05, 3.63) is 27.5 Å². The molecule has 2 aromatic rings. The fourth-order valence-corrected chi connectivity index (χ4v) is 3.42. The highest BCUT2D eigenvalue weighted by Crippen LogP contribution is 2.35.